The Labute approximate surface area is 165 Å². The molecule has 0 saturated carbocycles. The molecule has 0 unspecified atom stereocenters. The zero-order valence-corrected chi connectivity index (χ0v) is 16.3. The van der Waals surface area contributed by atoms with Gasteiger partial charge in [0.05, 0.1) is 5.75 Å². The molecule has 2 aromatic carbocycles. The molecule has 0 N–H and O–H groups in total. The first-order chi connectivity index (χ1) is 13.5. The largest absolute Gasteiger partial charge is 0.300 e. The summed E-state index contributed by atoms with van der Waals surface area (Å²) >= 11 is 1.28. The van der Waals surface area contributed by atoms with Crippen molar-refractivity contribution in [2.24, 2.45) is 0 Å². The van der Waals surface area contributed by atoms with E-state index in [1.807, 2.05) is 62.4 Å². The highest BCUT2D eigenvalue weighted by molar-refractivity contribution is 7.99. The van der Waals surface area contributed by atoms with E-state index in [0.29, 0.717) is 10.7 Å². The Bertz CT molecular complexity index is 1230. The van der Waals surface area contributed by atoms with E-state index in [1.165, 1.54) is 16.3 Å². The van der Waals surface area contributed by atoms with Crippen LogP contribution in [0.3, 0.4) is 0 Å². The quantitative estimate of drug-likeness (QED) is 0.385. The Hall–Kier alpha value is -3.19. The van der Waals surface area contributed by atoms with Gasteiger partial charge < -0.3 is 0 Å². The maximum absolute atomic E-state index is 12.7. The molecule has 7 heteroatoms. The predicted molar refractivity (Wildman–Crippen MR) is 110 cm³/mol. The summed E-state index contributed by atoms with van der Waals surface area (Å²) in [4.78, 5) is 25.4. The monoisotopic (exact) mass is 390 g/mol. The van der Waals surface area contributed by atoms with E-state index in [2.05, 4.69) is 10.2 Å². The van der Waals surface area contributed by atoms with Crippen LogP contribution in [0.1, 0.15) is 21.5 Å². The number of hydrogen-bond acceptors (Lipinski definition) is 5. The van der Waals surface area contributed by atoms with Crippen molar-refractivity contribution in [1.82, 2.24) is 19.2 Å². The number of hydrogen-bond donors (Lipinski definition) is 0. The zero-order chi connectivity index (χ0) is 19.7. The van der Waals surface area contributed by atoms with Crippen molar-refractivity contribution in [3.05, 3.63) is 88.0 Å². The van der Waals surface area contributed by atoms with Gasteiger partial charge >= 0.3 is 5.56 Å². The minimum absolute atomic E-state index is 0.0283. The van der Waals surface area contributed by atoms with Gasteiger partial charge in [-0.25, -0.2) is 0 Å². The molecule has 0 aliphatic rings. The summed E-state index contributed by atoms with van der Waals surface area (Å²) in [5.41, 5.74) is 3.45. The molecule has 0 spiro atoms. The average molecular weight is 390 g/mol. The molecule has 0 bridgehead atoms. The number of ketones is 1. The van der Waals surface area contributed by atoms with Crippen LogP contribution in [0.15, 0.2) is 70.9 Å². The lowest BCUT2D eigenvalue weighted by molar-refractivity contribution is 0.102. The summed E-state index contributed by atoms with van der Waals surface area (Å²) in [5, 5.41) is 8.66. The molecular formula is C21H18N4O2S. The van der Waals surface area contributed by atoms with Crippen LogP contribution < -0.4 is 5.56 Å². The number of para-hydroxylation sites is 1. The van der Waals surface area contributed by atoms with Crippen molar-refractivity contribution in [3.8, 4) is 5.69 Å². The molecule has 4 aromatic rings. The number of rotatable bonds is 5. The number of nitrogens with zero attached hydrogens (tertiary/aromatic N) is 4. The van der Waals surface area contributed by atoms with Crippen molar-refractivity contribution >= 4 is 23.2 Å². The first kappa shape index (κ1) is 18.2. The van der Waals surface area contributed by atoms with Crippen molar-refractivity contribution in [1.29, 1.82) is 0 Å². The van der Waals surface area contributed by atoms with Gasteiger partial charge in [0, 0.05) is 23.6 Å². The Morgan fingerprint density at radius 2 is 1.82 bits per heavy atom. The van der Waals surface area contributed by atoms with Gasteiger partial charge in [-0.2, -0.15) is 0 Å². The van der Waals surface area contributed by atoms with Crippen molar-refractivity contribution in [3.63, 3.8) is 0 Å². The Balaban J connectivity index is 1.60. The van der Waals surface area contributed by atoms with Crippen LogP contribution in [-0.4, -0.2) is 30.7 Å². The summed E-state index contributed by atoms with van der Waals surface area (Å²) < 4.78 is 3.16. The van der Waals surface area contributed by atoms with E-state index in [1.54, 1.807) is 16.8 Å². The fourth-order valence-electron chi connectivity index (χ4n) is 3.00. The van der Waals surface area contributed by atoms with Crippen molar-refractivity contribution < 1.29 is 4.79 Å². The molecular weight excluding hydrogens is 372 g/mol. The van der Waals surface area contributed by atoms with Gasteiger partial charge in [-0.05, 0) is 37.6 Å². The van der Waals surface area contributed by atoms with E-state index in [0.717, 1.165) is 16.8 Å². The third-order valence-electron chi connectivity index (χ3n) is 4.50. The number of fused-ring (bicyclic) bond motifs is 1. The minimum atomic E-state index is -0.256. The lowest BCUT2D eigenvalue weighted by atomic mass is 10.0. The van der Waals surface area contributed by atoms with Gasteiger partial charge in [-0.3, -0.25) is 18.6 Å². The summed E-state index contributed by atoms with van der Waals surface area (Å²) in [7, 11) is 0. The van der Waals surface area contributed by atoms with Crippen molar-refractivity contribution in [2.45, 2.75) is 19.0 Å². The number of aryl methyl sites for hydroxylation is 2. The predicted octanol–water partition coefficient (Wildman–Crippen LogP) is 3.47. The first-order valence-corrected chi connectivity index (χ1v) is 9.78. The Kier molecular flexibility index (Phi) is 4.83. The van der Waals surface area contributed by atoms with Gasteiger partial charge in [0.15, 0.2) is 10.9 Å². The molecule has 0 saturated heterocycles. The molecule has 140 valence electrons. The topological polar surface area (TPSA) is 69.3 Å². The summed E-state index contributed by atoms with van der Waals surface area (Å²) in [6.07, 6.45) is 3.43. The highest BCUT2D eigenvalue weighted by atomic mass is 32.2. The molecule has 4 rings (SSSR count). The normalized spacial score (nSPS) is 11.1. The number of aromatic nitrogens is 4. The molecule has 2 heterocycles. The van der Waals surface area contributed by atoms with Gasteiger partial charge in [-0.1, -0.05) is 47.7 Å². The van der Waals surface area contributed by atoms with E-state index in [-0.39, 0.29) is 22.7 Å². The Morgan fingerprint density at radius 3 is 2.61 bits per heavy atom. The second kappa shape index (κ2) is 7.44. The van der Waals surface area contributed by atoms with Gasteiger partial charge in [0.25, 0.3) is 0 Å². The number of thioether (sulfide) groups is 1. The van der Waals surface area contributed by atoms with Crippen LogP contribution in [0.5, 0.6) is 0 Å². The fourth-order valence-corrected chi connectivity index (χ4v) is 3.80. The lowest BCUT2D eigenvalue weighted by Crippen LogP contribution is -2.20. The number of benzene rings is 2. The second-order valence-electron chi connectivity index (χ2n) is 6.52. The molecule has 0 aliphatic heterocycles. The molecule has 0 amide bonds. The van der Waals surface area contributed by atoms with E-state index in [4.69, 9.17) is 0 Å². The van der Waals surface area contributed by atoms with E-state index < -0.39 is 0 Å². The molecule has 0 fully saturated rings. The second-order valence-corrected chi connectivity index (χ2v) is 7.46. The summed E-state index contributed by atoms with van der Waals surface area (Å²) in [5.74, 6) is 0.257. The molecule has 0 aliphatic carbocycles. The smallest absolute Gasteiger partial charge is 0.293 e. The minimum Gasteiger partial charge on any atom is -0.293 e. The maximum atomic E-state index is 12.7. The van der Waals surface area contributed by atoms with Crippen LogP contribution in [0.4, 0.5) is 0 Å². The molecule has 6 nitrogen and oxygen atoms in total. The average Bonchev–Trinajstić information content (AvgIpc) is 3.13. The van der Waals surface area contributed by atoms with Gasteiger partial charge in [0.1, 0.15) is 0 Å². The van der Waals surface area contributed by atoms with Gasteiger partial charge in [-0.15, -0.1) is 10.2 Å². The first-order valence-electron chi connectivity index (χ1n) is 8.79. The van der Waals surface area contributed by atoms with Crippen molar-refractivity contribution in [2.75, 3.05) is 5.75 Å². The third kappa shape index (κ3) is 3.36. The van der Waals surface area contributed by atoms with Crippen LogP contribution >= 0.6 is 11.8 Å². The molecule has 2 aromatic heterocycles. The van der Waals surface area contributed by atoms with E-state index >= 15 is 0 Å². The van der Waals surface area contributed by atoms with Crippen LogP contribution in [-0.2, 0) is 0 Å². The molecule has 0 radical (unpaired) electrons. The molecule has 28 heavy (non-hydrogen) atoms. The lowest BCUT2D eigenvalue weighted by Gasteiger charge is -2.07. The zero-order valence-electron chi connectivity index (χ0n) is 15.5. The SMILES string of the molecule is Cc1ccc(C)c(C(=O)CSc2nnc3c(=O)n(-c4ccccc4)ccn23)c1. The Morgan fingerprint density at radius 1 is 1.04 bits per heavy atom. The maximum Gasteiger partial charge on any atom is 0.300 e. The standard InChI is InChI=1S/C21H18N4O2S/c1-14-8-9-15(2)17(12-14)18(26)13-28-21-23-22-19-20(27)24(10-11-25(19)21)16-6-4-3-5-7-16/h3-12H,13H2,1-2H3. The van der Waals surface area contributed by atoms with Crippen LogP contribution in [0, 0.1) is 13.8 Å². The number of carbonyl (C=O) groups excluding carboxylic acids is 1. The fraction of sp³-hybridized carbons (Fsp3) is 0.143. The van der Waals surface area contributed by atoms with E-state index in [9.17, 15) is 9.59 Å². The van der Waals surface area contributed by atoms with Crippen LogP contribution in [0.25, 0.3) is 11.3 Å². The third-order valence-corrected chi connectivity index (χ3v) is 5.44. The molecule has 0 atom stereocenters. The number of carbonyl (C=O) groups is 1. The highest BCUT2D eigenvalue weighted by Crippen LogP contribution is 2.19. The summed E-state index contributed by atoms with van der Waals surface area (Å²) in [6, 6.07) is 15.2. The van der Waals surface area contributed by atoms with Gasteiger partial charge in [0.2, 0.25) is 5.65 Å². The highest BCUT2D eigenvalue weighted by Gasteiger charge is 2.15. The summed E-state index contributed by atoms with van der Waals surface area (Å²) in [6.45, 7) is 3.89. The van der Waals surface area contributed by atoms with Crippen LogP contribution in [0.2, 0.25) is 0 Å². The number of Topliss-reactive ketones (excluding diaryl/α,β-unsaturated/α-hetero) is 1.